The molecule has 7 nitrogen and oxygen atoms in total. The first-order valence-corrected chi connectivity index (χ1v) is 9.87. The maximum Gasteiger partial charge on any atom is 0.410 e. The number of rotatable bonds is 6. The normalized spacial score (nSPS) is 21.1. The van der Waals surface area contributed by atoms with Gasteiger partial charge in [-0.15, -0.1) is 0 Å². The highest BCUT2D eigenvalue weighted by Gasteiger charge is 2.31. The van der Waals surface area contributed by atoms with Crippen molar-refractivity contribution in [3.8, 4) is 0 Å². The third-order valence-electron chi connectivity index (χ3n) is 3.50. The van der Waals surface area contributed by atoms with Gasteiger partial charge in [-0.1, -0.05) is 6.92 Å². The zero-order chi connectivity index (χ0) is 17.7. The smallest absolute Gasteiger partial charge is 0.410 e. The van der Waals surface area contributed by atoms with Gasteiger partial charge in [-0.2, -0.15) is 0 Å². The number of sulfone groups is 1. The van der Waals surface area contributed by atoms with Crippen molar-refractivity contribution in [3.05, 3.63) is 0 Å². The molecule has 1 aliphatic rings. The highest BCUT2D eigenvalue weighted by Crippen LogP contribution is 2.14. The number of nitrogens with one attached hydrogen (secondary N) is 1. The number of carbonyl (C=O) groups is 1. The molecule has 1 fully saturated rings. The maximum atomic E-state index is 12.3. The first kappa shape index (κ1) is 20.2. The largest absolute Gasteiger partial charge is 0.444 e. The van der Waals surface area contributed by atoms with Gasteiger partial charge in [-0.25, -0.2) is 13.2 Å². The molecule has 2 unspecified atom stereocenters. The van der Waals surface area contributed by atoms with E-state index in [2.05, 4.69) is 5.32 Å². The van der Waals surface area contributed by atoms with Crippen LogP contribution < -0.4 is 5.32 Å². The van der Waals surface area contributed by atoms with Crippen molar-refractivity contribution in [2.45, 2.75) is 52.3 Å². The van der Waals surface area contributed by atoms with Crippen LogP contribution in [0.5, 0.6) is 0 Å². The van der Waals surface area contributed by atoms with E-state index in [9.17, 15) is 13.2 Å². The monoisotopic (exact) mass is 350 g/mol. The summed E-state index contributed by atoms with van der Waals surface area (Å²) in [5.74, 6) is 0.221. The second-order valence-electron chi connectivity index (χ2n) is 6.91. The van der Waals surface area contributed by atoms with Crippen molar-refractivity contribution in [2.75, 3.05) is 37.8 Å². The van der Waals surface area contributed by atoms with Gasteiger partial charge in [-0.3, -0.25) is 4.90 Å². The minimum Gasteiger partial charge on any atom is -0.444 e. The number of nitrogens with zero attached hydrogens (tertiary/aromatic N) is 1. The number of hydrogen-bond donors (Lipinski definition) is 1. The fraction of sp³-hybridized carbons (Fsp3) is 0.933. The van der Waals surface area contributed by atoms with E-state index in [4.69, 9.17) is 9.47 Å². The molecule has 0 aliphatic carbocycles. The fourth-order valence-corrected chi connectivity index (χ4v) is 3.40. The van der Waals surface area contributed by atoms with Crippen LogP contribution in [-0.2, 0) is 19.3 Å². The zero-order valence-corrected chi connectivity index (χ0v) is 15.6. The summed E-state index contributed by atoms with van der Waals surface area (Å²) in [5.41, 5.74) is -0.546. The summed E-state index contributed by atoms with van der Waals surface area (Å²) in [6.45, 7) is 10.8. The van der Waals surface area contributed by atoms with E-state index >= 15 is 0 Å². The molecular formula is C15H30N2O5S. The van der Waals surface area contributed by atoms with E-state index in [1.807, 2.05) is 27.7 Å². The molecular weight excluding hydrogens is 320 g/mol. The van der Waals surface area contributed by atoms with Gasteiger partial charge in [0.15, 0.2) is 9.84 Å². The van der Waals surface area contributed by atoms with Gasteiger partial charge >= 0.3 is 6.09 Å². The minimum atomic E-state index is -3.02. The Balaban J connectivity index is 2.57. The lowest BCUT2D eigenvalue weighted by atomic mass is 10.2. The van der Waals surface area contributed by atoms with Crippen LogP contribution in [0.4, 0.5) is 4.79 Å². The average molecular weight is 350 g/mol. The third kappa shape index (κ3) is 7.50. The highest BCUT2D eigenvalue weighted by molar-refractivity contribution is 7.91. The second kappa shape index (κ2) is 8.30. The van der Waals surface area contributed by atoms with Gasteiger partial charge < -0.3 is 14.8 Å². The molecule has 0 aromatic heterocycles. The van der Waals surface area contributed by atoms with Gasteiger partial charge in [0.2, 0.25) is 0 Å². The Morgan fingerprint density at radius 3 is 2.65 bits per heavy atom. The van der Waals surface area contributed by atoms with Crippen LogP contribution in [0.15, 0.2) is 0 Å². The number of carbonyl (C=O) groups excluding carboxylic acids is 1. The van der Waals surface area contributed by atoms with Crippen molar-refractivity contribution < 1.29 is 22.7 Å². The number of hydrogen-bond acceptors (Lipinski definition) is 6. The zero-order valence-electron chi connectivity index (χ0n) is 14.8. The molecule has 1 amide bonds. The van der Waals surface area contributed by atoms with Gasteiger partial charge in [0.05, 0.1) is 25.0 Å². The summed E-state index contributed by atoms with van der Waals surface area (Å²) < 4.78 is 34.1. The Hall–Kier alpha value is -0.860. The van der Waals surface area contributed by atoms with Crippen molar-refractivity contribution in [3.63, 3.8) is 0 Å². The van der Waals surface area contributed by atoms with E-state index in [1.54, 1.807) is 11.8 Å². The van der Waals surface area contributed by atoms with Crippen LogP contribution in [0.2, 0.25) is 0 Å². The lowest BCUT2D eigenvalue weighted by Gasteiger charge is -2.37. The SMILES string of the molecule is CCS(=O)(=O)CC(C)NCC1COCCN1C(=O)OC(C)(C)C. The van der Waals surface area contributed by atoms with Crippen molar-refractivity contribution in [1.29, 1.82) is 0 Å². The van der Waals surface area contributed by atoms with Crippen LogP contribution in [0, 0.1) is 0 Å². The van der Waals surface area contributed by atoms with Crippen molar-refractivity contribution in [2.24, 2.45) is 0 Å². The number of ether oxygens (including phenoxy) is 2. The summed E-state index contributed by atoms with van der Waals surface area (Å²) >= 11 is 0. The predicted molar refractivity (Wildman–Crippen MR) is 89.3 cm³/mol. The van der Waals surface area contributed by atoms with E-state index in [1.165, 1.54) is 0 Å². The number of morpholine rings is 1. The van der Waals surface area contributed by atoms with E-state index in [0.29, 0.717) is 26.3 Å². The Morgan fingerprint density at radius 1 is 1.43 bits per heavy atom. The van der Waals surface area contributed by atoms with Crippen LogP contribution in [0.1, 0.15) is 34.6 Å². The van der Waals surface area contributed by atoms with Crippen molar-refractivity contribution >= 4 is 15.9 Å². The summed E-state index contributed by atoms with van der Waals surface area (Å²) in [5, 5.41) is 3.18. The molecule has 0 saturated carbocycles. The maximum absolute atomic E-state index is 12.3. The van der Waals surface area contributed by atoms with Crippen LogP contribution in [0.25, 0.3) is 0 Å². The molecule has 23 heavy (non-hydrogen) atoms. The van der Waals surface area contributed by atoms with Gasteiger partial charge in [0, 0.05) is 24.9 Å². The first-order chi connectivity index (χ1) is 10.5. The molecule has 1 N–H and O–H groups in total. The molecule has 0 spiro atoms. The van der Waals surface area contributed by atoms with Crippen molar-refractivity contribution in [1.82, 2.24) is 10.2 Å². The van der Waals surface area contributed by atoms with E-state index < -0.39 is 15.4 Å². The Morgan fingerprint density at radius 2 is 2.09 bits per heavy atom. The Bertz CT molecular complexity index is 487. The Labute approximate surface area is 139 Å². The molecule has 0 radical (unpaired) electrons. The molecule has 1 heterocycles. The molecule has 0 bridgehead atoms. The number of amides is 1. The summed E-state index contributed by atoms with van der Waals surface area (Å²) in [7, 11) is -3.02. The van der Waals surface area contributed by atoms with Gasteiger partial charge in [-0.05, 0) is 27.7 Å². The van der Waals surface area contributed by atoms with E-state index in [0.717, 1.165) is 0 Å². The first-order valence-electron chi connectivity index (χ1n) is 8.05. The molecule has 1 rings (SSSR count). The summed E-state index contributed by atoms with van der Waals surface area (Å²) in [6, 6.07) is -0.340. The van der Waals surface area contributed by atoms with Crippen LogP contribution in [0.3, 0.4) is 0 Å². The Kier molecular flexibility index (Phi) is 7.29. The van der Waals surface area contributed by atoms with Gasteiger partial charge in [0.25, 0.3) is 0 Å². The fourth-order valence-electron chi connectivity index (χ4n) is 2.28. The average Bonchev–Trinajstić information content (AvgIpc) is 2.43. The minimum absolute atomic E-state index is 0.0868. The summed E-state index contributed by atoms with van der Waals surface area (Å²) in [4.78, 5) is 13.9. The molecule has 0 aromatic rings. The lowest BCUT2D eigenvalue weighted by molar-refractivity contribution is -0.0320. The molecule has 1 aliphatic heterocycles. The standard InChI is InChI=1S/C15H30N2O5S/c1-6-23(19,20)11-12(2)16-9-13-10-21-8-7-17(13)14(18)22-15(3,4)5/h12-13,16H,6-11H2,1-5H3. The molecule has 0 aromatic carbocycles. The quantitative estimate of drug-likeness (QED) is 0.770. The summed E-state index contributed by atoms with van der Waals surface area (Å²) in [6.07, 6.45) is -0.360. The molecule has 8 heteroatoms. The molecule has 136 valence electrons. The van der Waals surface area contributed by atoms with Crippen LogP contribution in [-0.4, -0.2) is 74.9 Å². The van der Waals surface area contributed by atoms with Crippen LogP contribution >= 0.6 is 0 Å². The predicted octanol–water partition coefficient (Wildman–Crippen LogP) is 1.04. The topological polar surface area (TPSA) is 84.9 Å². The lowest BCUT2D eigenvalue weighted by Crippen LogP contribution is -2.55. The van der Waals surface area contributed by atoms with Gasteiger partial charge in [0.1, 0.15) is 5.60 Å². The highest BCUT2D eigenvalue weighted by atomic mass is 32.2. The van der Waals surface area contributed by atoms with E-state index in [-0.39, 0.29) is 29.7 Å². The molecule has 1 saturated heterocycles. The second-order valence-corrected chi connectivity index (χ2v) is 9.31. The third-order valence-corrected chi connectivity index (χ3v) is 5.39. The molecule has 2 atom stereocenters.